The molecule has 18 heavy (non-hydrogen) atoms. The second kappa shape index (κ2) is 5.61. The van der Waals surface area contributed by atoms with Crippen molar-refractivity contribution in [1.82, 2.24) is 4.72 Å². The van der Waals surface area contributed by atoms with Crippen LogP contribution in [0.1, 0.15) is 38.2 Å². The fourth-order valence-corrected chi connectivity index (χ4v) is 5.93. The molecule has 3 nitrogen and oxygen atoms in total. The van der Waals surface area contributed by atoms with Gasteiger partial charge in [-0.05, 0) is 53.2 Å². The average Bonchev–Trinajstić information content (AvgIpc) is 2.63. The van der Waals surface area contributed by atoms with Gasteiger partial charge in [0.25, 0.3) is 0 Å². The van der Waals surface area contributed by atoms with E-state index in [0.29, 0.717) is 10.1 Å². The van der Waals surface area contributed by atoms with Crippen molar-refractivity contribution >= 4 is 37.3 Å². The topological polar surface area (TPSA) is 46.2 Å². The van der Waals surface area contributed by atoms with Gasteiger partial charge in [0.1, 0.15) is 4.21 Å². The standard InChI is InChI=1S/C12H18BrNO2S2/c1-8-5-3-4-6-10(8)14-18(15,16)11-7-9(2)12(13)17-11/h7-8,10,14H,3-6H2,1-2H3. The zero-order chi connectivity index (χ0) is 13.3. The molecular formula is C12H18BrNO2S2. The molecule has 1 aromatic heterocycles. The molecule has 6 heteroatoms. The summed E-state index contributed by atoms with van der Waals surface area (Å²) < 4.78 is 28.7. The van der Waals surface area contributed by atoms with E-state index < -0.39 is 10.0 Å². The van der Waals surface area contributed by atoms with Gasteiger partial charge in [-0.3, -0.25) is 0 Å². The van der Waals surface area contributed by atoms with E-state index in [-0.39, 0.29) is 6.04 Å². The van der Waals surface area contributed by atoms with Crippen molar-refractivity contribution in [3.8, 4) is 0 Å². The molecule has 2 rings (SSSR count). The first-order valence-electron chi connectivity index (χ1n) is 6.18. The van der Waals surface area contributed by atoms with Gasteiger partial charge in [0.05, 0.1) is 3.79 Å². The maximum absolute atomic E-state index is 12.3. The highest BCUT2D eigenvalue weighted by atomic mass is 79.9. The highest BCUT2D eigenvalue weighted by Crippen LogP contribution is 2.32. The summed E-state index contributed by atoms with van der Waals surface area (Å²) in [5.41, 5.74) is 0.970. The Hall–Kier alpha value is 0.0900. The number of nitrogens with one attached hydrogen (secondary N) is 1. The molecular weight excluding hydrogens is 334 g/mol. The molecule has 0 radical (unpaired) electrons. The van der Waals surface area contributed by atoms with Crippen LogP contribution in [0.5, 0.6) is 0 Å². The average molecular weight is 352 g/mol. The SMILES string of the molecule is Cc1cc(S(=O)(=O)NC2CCCCC2C)sc1Br. The quantitative estimate of drug-likeness (QED) is 0.902. The normalized spacial score (nSPS) is 25.3. The van der Waals surface area contributed by atoms with Crippen LogP contribution >= 0.6 is 27.3 Å². The summed E-state index contributed by atoms with van der Waals surface area (Å²) in [5, 5.41) is 0. The number of halogens is 1. The Labute approximate surface area is 121 Å². The Morgan fingerprint density at radius 3 is 2.61 bits per heavy atom. The Balaban J connectivity index is 2.16. The third kappa shape index (κ3) is 3.15. The lowest BCUT2D eigenvalue weighted by Crippen LogP contribution is -2.40. The molecule has 0 saturated heterocycles. The second-order valence-corrected chi connectivity index (χ2v) is 9.32. The monoisotopic (exact) mass is 351 g/mol. The van der Waals surface area contributed by atoms with E-state index in [2.05, 4.69) is 27.6 Å². The summed E-state index contributed by atoms with van der Waals surface area (Å²) in [6.07, 6.45) is 4.39. The Morgan fingerprint density at radius 2 is 2.06 bits per heavy atom. The number of rotatable bonds is 3. The molecule has 2 atom stereocenters. The number of thiophene rings is 1. The second-order valence-electron chi connectivity index (χ2n) is 5.01. The molecule has 2 unspecified atom stereocenters. The van der Waals surface area contributed by atoms with E-state index >= 15 is 0 Å². The van der Waals surface area contributed by atoms with Gasteiger partial charge in [-0.2, -0.15) is 0 Å². The minimum Gasteiger partial charge on any atom is -0.207 e. The number of aryl methyl sites for hydroxylation is 1. The molecule has 0 amide bonds. The lowest BCUT2D eigenvalue weighted by Gasteiger charge is -2.28. The van der Waals surface area contributed by atoms with E-state index in [4.69, 9.17) is 0 Å². The van der Waals surface area contributed by atoms with E-state index in [1.54, 1.807) is 6.07 Å². The van der Waals surface area contributed by atoms with Gasteiger partial charge >= 0.3 is 0 Å². The highest BCUT2D eigenvalue weighted by Gasteiger charge is 2.27. The van der Waals surface area contributed by atoms with Crippen molar-refractivity contribution in [3.63, 3.8) is 0 Å². The lowest BCUT2D eigenvalue weighted by atomic mass is 9.87. The van der Waals surface area contributed by atoms with Gasteiger partial charge in [0, 0.05) is 6.04 Å². The molecule has 0 aliphatic heterocycles. The Morgan fingerprint density at radius 1 is 1.39 bits per heavy atom. The first kappa shape index (κ1) is 14.5. The minimum absolute atomic E-state index is 0.0879. The summed E-state index contributed by atoms with van der Waals surface area (Å²) >= 11 is 4.65. The smallest absolute Gasteiger partial charge is 0.207 e. The zero-order valence-electron chi connectivity index (χ0n) is 10.6. The number of sulfonamides is 1. The van der Waals surface area contributed by atoms with E-state index in [9.17, 15) is 8.42 Å². The van der Waals surface area contributed by atoms with Gasteiger partial charge in [-0.1, -0.05) is 19.8 Å². The summed E-state index contributed by atoms with van der Waals surface area (Å²) in [6.45, 7) is 4.03. The highest BCUT2D eigenvalue weighted by molar-refractivity contribution is 9.11. The van der Waals surface area contributed by atoms with Crippen molar-refractivity contribution in [1.29, 1.82) is 0 Å². The fourth-order valence-electron chi connectivity index (χ4n) is 2.31. The maximum Gasteiger partial charge on any atom is 0.250 e. The van der Waals surface area contributed by atoms with Crippen LogP contribution in [0.2, 0.25) is 0 Å². The maximum atomic E-state index is 12.3. The Kier molecular flexibility index (Phi) is 4.52. The minimum atomic E-state index is -3.36. The summed E-state index contributed by atoms with van der Waals surface area (Å²) in [6, 6.07) is 1.81. The first-order chi connectivity index (χ1) is 8.40. The van der Waals surface area contributed by atoms with Crippen molar-refractivity contribution < 1.29 is 8.42 Å². The first-order valence-corrected chi connectivity index (χ1v) is 9.27. The summed E-state index contributed by atoms with van der Waals surface area (Å²) in [7, 11) is -3.36. The predicted octanol–water partition coefficient (Wildman–Crippen LogP) is 3.68. The molecule has 1 fully saturated rings. The van der Waals surface area contributed by atoms with Gasteiger partial charge in [-0.15, -0.1) is 11.3 Å². The third-order valence-electron chi connectivity index (χ3n) is 3.52. The molecule has 1 aliphatic carbocycles. The molecule has 102 valence electrons. The van der Waals surface area contributed by atoms with Crippen LogP contribution in [0.15, 0.2) is 14.1 Å². The van der Waals surface area contributed by atoms with Crippen molar-refractivity contribution in [2.45, 2.75) is 49.8 Å². The Bertz CT molecular complexity index is 505. The van der Waals surface area contributed by atoms with E-state index in [0.717, 1.165) is 28.6 Å². The van der Waals surface area contributed by atoms with Crippen LogP contribution in [0.3, 0.4) is 0 Å². The van der Waals surface area contributed by atoms with Gasteiger partial charge in [0.2, 0.25) is 10.0 Å². The predicted molar refractivity (Wildman–Crippen MR) is 78.5 cm³/mol. The van der Waals surface area contributed by atoms with Crippen LogP contribution < -0.4 is 4.72 Å². The van der Waals surface area contributed by atoms with E-state index in [1.165, 1.54) is 17.8 Å². The van der Waals surface area contributed by atoms with Crippen molar-refractivity contribution in [3.05, 3.63) is 15.4 Å². The molecule has 0 aromatic carbocycles. The zero-order valence-corrected chi connectivity index (χ0v) is 13.8. The molecule has 0 bridgehead atoms. The summed E-state index contributed by atoms with van der Waals surface area (Å²) in [5.74, 6) is 0.429. The molecule has 1 heterocycles. The molecule has 1 N–H and O–H groups in total. The fraction of sp³-hybridized carbons (Fsp3) is 0.667. The lowest BCUT2D eigenvalue weighted by molar-refractivity contribution is 0.310. The largest absolute Gasteiger partial charge is 0.250 e. The van der Waals surface area contributed by atoms with Gasteiger partial charge in [0.15, 0.2) is 0 Å². The van der Waals surface area contributed by atoms with E-state index in [1.807, 2.05) is 6.92 Å². The van der Waals surface area contributed by atoms with Crippen LogP contribution in [0.25, 0.3) is 0 Å². The van der Waals surface area contributed by atoms with Crippen LogP contribution in [0, 0.1) is 12.8 Å². The molecule has 1 aromatic rings. The number of hydrogen-bond donors (Lipinski definition) is 1. The molecule has 1 aliphatic rings. The van der Waals surface area contributed by atoms with Crippen LogP contribution in [-0.2, 0) is 10.0 Å². The van der Waals surface area contributed by atoms with Crippen molar-refractivity contribution in [2.24, 2.45) is 5.92 Å². The van der Waals surface area contributed by atoms with Crippen LogP contribution in [0.4, 0.5) is 0 Å². The molecule has 1 saturated carbocycles. The number of hydrogen-bond acceptors (Lipinski definition) is 3. The van der Waals surface area contributed by atoms with Gasteiger partial charge < -0.3 is 0 Å². The molecule has 0 spiro atoms. The third-order valence-corrected chi connectivity index (χ3v) is 7.62. The van der Waals surface area contributed by atoms with Crippen LogP contribution in [-0.4, -0.2) is 14.5 Å². The van der Waals surface area contributed by atoms with Gasteiger partial charge in [-0.25, -0.2) is 13.1 Å². The summed E-state index contributed by atoms with van der Waals surface area (Å²) in [4.78, 5) is 0. The van der Waals surface area contributed by atoms with Crippen molar-refractivity contribution in [2.75, 3.05) is 0 Å².